The van der Waals surface area contributed by atoms with E-state index in [4.69, 9.17) is 5.11 Å². The Morgan fingerprint density at radius 1 is 1.40 bits per heavy atom. The van der Waals surface area contributed by atoms with Crippen molar-refractivity contribution in [3.05, 3.63) is 35.4 Å². The van der Waals surface area contributed by atoms with Gasteiger partial charge in [-0.1, -0.05) is 24.3 Å². The molecule has 0 amide bonds. The van der Waals surface area contributed by atoms with Gasteiger partial charge in [0.05, 0.1) is 5.92 Å². The maximum Gasteiger partial charge on any atom is 0.310 e. The summed E-state index contributed by atoms with van der Waals surface area (Å²) >= 11 is 1.97. The van der Waals surface area contributed by atoms with Crippen LogP contribution in [-0.2, 0) is 11.3 Å². The number of carboxylic acids is 1. The molecule has 0 aliphatic heterocycles. The fourth-order valence-corrected chi connectivity index (χ4v) is 3.47. The Kier molecular flexibility index (Phi) is 5.49. The highest BCUT2D eigenvalue weighted by Crippen LogP contribution is 2.28. The van der Waals surface area contributed by atoms with Crippen LogP contribution in [0.4, 0.5) is 0 Å². The van der Waals surface area contributed by atoms with Crippen molar-refractivity contribution in [1.29, 1.82) is 0 Å². The van der Waals surface area contributed by atoms with E-state index in [-0.39, 0.29) is 0 Å². The molecule has 3 atom stereocenters. The molecular weight excluding hydrogens is 270 g/mol. The molecule has 0 saturated heterocycles. The van der Waals surface area contributed by atoms with Crippen molar-refractivity contribution >= 4 is 17.7 Å². The number of rotatable bonds is 6. The number of thioether (sulfide) groups is 1. The molecule has 20 heavy (non-hydrogen) atoms. The topological polar surface area (TPSA) is 49.3 Å². The third-order valence-electron chi connectivity index (χ3n) is 4.16. The number of carboxylic acid groups (broad SMARTS) is 1. The van der Waals surface area contributed by atoms with Crippen LogP contribution >= 0.6 is 11.8 Å². The van der Waals surface area contributed by atoms with Gasteiger partial charge in [-0.15, -0.1) is 0 Å². The summed E-state index contributed by atoms with van der Waals surface area (Å²) in [5, 5.41) is 13.4. The van der Waals surface area contributed by atoms with Gasteiger partial charge in [0.1, 0.15) is 0 Å². The maximum atomic E-state index is 10.9. The van der Waals surface area contributed by atoms with Gasteiger partial charge < -0.3 is 10.4 Å². The van der Waals surface area contributed by atoms with Gasteiger partial charge in [-0.3, -0.25) is 4.79 Å². The molecule has 3 unspecified atom stereocenters. The molecule has 1 aromatic rings. The second-order valence-corrected chi connectivity index (χ2v) is 6.69. The number of benzene rings is 1. The minimum Gasteiger partial charge on any atom is -0.481 e. The monoisotopic (exact) mass is 293 g/mol. The van der Waals surface area contributed by atoms with Crippen LogP contribution in [0.5, 0.6) is 0 Å². The molecule has 110 valence electrons. The Morgan fingerprint density at radius 3 is 2.65 bits per heavy atom. The number of nitrogens with one attached hydrogen (secondary N) is 1. The maximum absolute atomic E-state index is 10.9. The molecule has 0 radical (unpaired) electrons. The number of hydrogen-bond donors (Lipinski definition) is 2. The molecule has 0 aromatic heterocycles. The summed E-state index contributed by atoms with van der Waals surface area (Å²) in [4.78, 5) is 10.9. The van der Waals surface area contributed by atoms with Gasteiger partial charge in [0.2, 0.25) is 0 Å². The van der Waals surface area contributed by atoms with E-state index in [9.17, 15) is 4.79 Å². The summed E-state index contributed by atoms with van der Waals surface area (Å²) < 4.78 is 0. The first kappa shape index (κ1) is 15.4. The molecule has 1 aliphatic carbocycles. The highest BCUT2D eigenvalue weighted by atomic mass is 32.2. The Balaban J connectivity index is 1.84. The Morgan fingerprint density at radius 2 is 2.10 bits per heavy atom. The first-order valence-electron chi connectivity index (χ1n) is 7.18. The number of aliphatic carboxylic acids is 1. The van der Waals surface area contributed by atoms with Crippen LogP contribution < -0.4 is 5.32 Å². The van der Waals surface area contributed by atoms with E-state index in [1.807, 2.05) is 36.0 Å². The molecule has 3 nitrogen and oxygen atoms in total. The van der Waals surface area contributed by atoms with E-state index in [0.29, 0.717) is 6.04 Å². The molecule has 1 aliphatic rings. The van der Waals surface area contributed by atoms with Crippen LogP contribution in [0.2, 0.25) is 0 Å². The minimum absolute atomic E-state index is 0.436. The van der Waals surface area contributed by atoms with Crippen LogP contribution in [-0.4, -0.2) is 28.6 Å². The van der Waals surface area contributed by atoms with Crippen LogP contribution in [0.1, 0.15) is 43.2 Å². The fourth-order valence-electron chi connectivity index (χ4n) is 2.67. The molecule has 1 fully saturated rings. The Hall–Kier alpha value is -1.00. The van der Waals surface area contributed by atoms with Crippen molar-refractivity contribution in [2.45, 2.75) is 49.9 Å². The van der Waals surface area contributed by atoms with Gasteiger partial charge >= 0.3 is 5.97 Å². The highest BCUT2D eigenvalue weighted by Gasteiger charge is 2.23. The number of hydrogen-bond acceptors (Lipinski definition) is 3. The van der Waals surface area contributed by atoms with Crippen LogP contribution in [0, 0.1) is 0 Å². The third kappa shape index (κ3) is 4.00. The van der Waals surface area contributed by atoms with Crippen molar-refractivity contribution in [2.24, 2.45) is 0 Å². The summed E-state index contributed by atoms with van der Waals surface area (Å²) in [6, 6.07) is 8.54. The molecule has 0 bridgehead atoms. The van der Waals surface area contributed by atoms with Gasteiger partial charge in [0.15, 0.2) is 0 Å². The lowest BCUT2D eigenvalue weighted by Crippen LogP contribution is -2.26. The summed E-state index contributed by atoms with van der Waals surface area (Å²) in [5.41, 5.74) is 2.09. The quantitative estimate of drug-likeness (QED) is 0.845. The van der Waals surface area contributed by atoms with Gasteiger partial charge in [-0.2, -0.15) is 11.8 Å². The second-order valence-electron chi connectivity index (χ2n) is 5.55. The molecular formula is C16H23NO2S. The average Bonchev–Trinajstić information content (AvgIpc) is 2.93. The lowest BCUT2D eigenvalue weighted by Gasteiger charge is -2.13. The van der Waals surface area contributed by atoms with Crippen molar-refractivity contribution in [1.82, 2.24) is 5.32 Å². The molecule has 2 rings (SSSR count). The fraction of sp³-hybridized carbons (Fsp3) is 0.562. The predicted molar refractivity (Wildman–Crippen MR) is 84.3 cm³/mol. The standard InChI is InChI=1S/C16H23NO2S/c1-11(16(18)19)13-5-3-12(4-6-13)10-17-14-7-8-15(9-14)20-2/h3-6,11,14-15,17H,7-10H2,1-2H3,(H,18,19). The molecule has 2 N–H and O–H groups in total. The van der Waals surface area contributed by atoms with E-state index >= 15 is 0 Å². The Bertz CT molecular complexity index is 446. The minimum atomic E-state index is -0.773. The van der Waals surface area contributed by atoms with Crippen molar-refractivity contribution in [2.75, 3.05) is 6.26 Å². The lowest BCUT2D eigenvalue weighted by atomic mass is 10.00. The normalized spacial score (nSPS) is 23.7. The van der Waals surface area contributed by atoms with Crippen LogP contribution in [0.3, 0.4) is 0 Å². The van der Waals surface area contributed by atoms with Gasteiger partial charge in [0, 0.05) is 17.8 Å². The number of carbonyl (C=O) groups is 1. The summed E-state index contributed by atoms with van der Waals surface area (Å²) in [6.45, 7) is 2.59. The predicted octanol–water partition coefficient (Wildman–Crippen LogP) is 3.25. The summed E-state index contributed by atoms with van der Waals surface area (Å²) in [5.74, 6) is -1.21. The lowest BCUT2D eigenvalue weighted by molar-refractivity contribution is -0.138. The van der Waals surface area contributed by atoms with Crippen molar-refractivity contribution in [3.63, 3.8) is 0 Å². The summed E-state index contributed by atoms with van der Waals surface area (Å²) in [6.07, 6.45) is 6.03. The van der Waals surface area contributed by atoms with E-state index in [1.165, 1.54) is 24.8 Å². The SMILES string of the molecule is CSC1CCC(NCc2ccc(C(C)C(=O)O)cc2)C1. The zero-order valence-corrected chi connectivity index (χ0v) is 13.0. The second kappa shape index (κ2) is 7.14. The Labute approximate surface area is 125 Å². The largest absolute Gasteiger partial charge is 0.481 e. The first-order valence-corrected chi connectivity index (χ1v) is 8.46. The summed E-state index contributed by atoms with van der Waals surface area (Å²) in [7, 11) is 0. The molecule has 0 heterocycles. The van der Waals surface area contributed by atoms with E-state index < -0.39 is 11.9 Å². The molecule has 1 aromatic carbocycles. The zero-order valence-electron chi connectivity index (χ0n) is 12.1. The highest BCUT2D eigenvalue weighted by molar-refractivity contribution is 7.99. The van der Waals surface area contributed by atoms with E-state index in [2.05, 4.69) is 11.6 Å². The van der Waals surface area contributed by atoms with Crippen LogP contribution in [0.15, 0.2) is 24.3 Å². The average molecular weight is 293 g/mol. The molecule has 1 saturated carbocycles. The first-order chi connectivity index (χ1) is 9.60. The molecule has 4 heteroatoms. The van der Waals surface area contributed by atoms with Crippen molar-refractivity contribution < 1.29 is 9.90 Å². The van der Waals surface area contributed by atoms with Gasteiger partial charge in [0.25, 0.3) is 0 Å². The van der Waals surface area contributed by atoms with Gasteiger partial charge in [-0.25, -0.2) is 0 Å². The third-order valence-corrected chi connectivity index (χ3v) is 5.26. The zero-order chi connectivity index (χ0) is 14.5. The van der Waals surface area contributed by atoms with E-state index in [1.54, 1.807) is 6.92 Å². The van der Waals surface area contributed by atoms with Crippen LogP contribution in [0.25, 0.3) is 0 Å². The van der Waals surface area contributed by atoms with E-state index in [0.717, 1.165) is 17.4 Å². The molecule has 0 spiro atoms. The smallest absolute Gasteiger partial charge is 0.310 e. The van der Waals surface area contributed by atoms with Gasteiger partial charge in [-0.05, 0) is 43.6 Å². The van der Waals surface area contributed by atoms with Crippen molar-refractivity contribution in [3.8, 4) is 0 Å².